The molecule has 0 amide bonds. The van der Waals surface area contributed by atoms with Crippen molar-refractivity contribution in [1.29, 1.82) is 0 Å². The van der Waals surface area contributed by atoms with Gasteiger partial charge in [0.05, 0.1) is 0 Å². The molecule has 134 valence electrons. The number of aryl methyl sites for hydroxylation is 2. The predicted octanol–water partition coefficient (Wildman–Crippen LogP) is 6.65. The fraction of sp³-hybridized carbons (Fsp3) is 0.261. The van der Waals surface area contributed by atoms with Crippen molar-refractivity contribution in [3.8, 4) is 11.1 Å². The Balaban J connectivity index is 1.92. The molecule has 1 aromatic heterocycles. The van der Waals surface area contributed by atoms with Crippen LogP contribution in [0.25, 0.3) is 11.1 Å². The summed E-state index contributed by atoms with van der Waals surface area (Å²) in [4.78, 5) is 7.63. The number of benzene rings is 2. The van der Waals surface area contributed by atoms with Crippen LogP contribution in [0.2, 0.25) is 0 Å². The van der Waals surface area contributed by atoms with Crippen LogP contribution in [-0.4, -0.2) is 17.5 Å². The van der Waals surface area contributed by atoms with Crippen LogP contribution in [-0.2, 0) is 12.8 Å². The van der Waals surface area contributed by atoms with Crippen LogP contribution in [0.1, 0.15) is 29.4 Å². The average Bonchev–Trinajstić information content (AvgIpc) is 2.70. The van der Waals surface area contributed by atoms with Crippen LogP contribution < -0.4 is 0 Å². The first kappa shape index (κ1) is 19.1. The lowest BCUT2D eigenvalue weighted by atomic mass is 9.97. The van der Waals surface area contributed by atoms with Gasteiger partial charge in [-0.15, -0.1) is 23.5 Å². The van der Waals surface area contributed by atoms with Crippen molar-refractivity contribution in [1.82, 2.24) is 4.98 Å². The zero-order chi connectivity index (χ0) is 18.5. The summed E-state index contributed by atoms with van der Waals surface area (Å²) in [5.74, 6) is 0. The Kier molecular flexibility index (Phi) is 6.44. The molecule has 1 nitrogen and oxygen atoms in total. The van der Waals surface area contributed by atoms with E-state index in [-0.39, 0.29) is 0 Å². The van der Waals surface area contributed by atoms with Gasteiger partial charge in [0.1, 0.15) is 0 Å². The van der Waals surface area contributed by atoms with E-state index in [1.54, 1.807) is 23.5 Å². The molecule has 0 atom stereocenters. The van der Waals surface area contributed by atoms with Crippen LogP contribution in [0.5, 0.6) is 0 Å². The third-order valence-electron chi connectivity index (χ3n) is 4.66. The van der Waals surface area contributed by atoms with E-state index in [4.69, 9.17) is 4.98 Å². The lowest BCUT2D eigenvalue weighted by Gasteiger charge is -2.14. The van der Waals surface area contributed by atoms with E-state index in [9.17, 15) is 0 Å². The lowest BCUT2D eigenvalue weighted by molar-refractivity contribution is 0.957. The topological polar surface area (TPSA) is 12.9 Å². The van der Waals surface area contributed by atoms with Crippen LogP contribution >= 0.6 is 23.5 Å². The molecule has 0 N–H and O–H groups in total. The van der Waals surface area contributed by atoms with Crippen molar-refractivity contribution >= 4 is 23.5 Å². The zero-order valence-corrected chi connectivity index (χ0v) is 17.5. The molecule has 3 aromatic rings. The number of thioether (sulfide) groups is 2. The third kappa shape index (κ3) is 4.33. The molecular formula is C23H25NS2. The molecule has 0 aliphatic carbocycles. The zero-order valence-electron chi connectivity index (χ0n) is 15.9. The molecule has 0 saturated carbocycles. The summed E-state index contributed by atoms with van der Waals surface area (Å²) in [5.41, 5.74) is 7.47. The minimum atomic E-state index is 0.888. The average molecular weight is 380 g/mol. The fourth-order valence-electron chi connectivity index (χ4n) is 3.10. The summed E-state index contributed by atoms with van der Waals surface area (Å²) >= 11 is 3.55. The van der Waals surface area contributed by atoms with Crippen molar-refractivity contribution in [3.05, 3.63) is 77.1 Å². The number of pyridine rings is 1. The minimum Gasteiger partial charge on any atom is -0.257 e. The molecule has 26 heavy (non-hydrogen) atoms. The van der Waals surface area contributed by atoms with Gasteiger partial charge in [0.2, 0.25) is 0 Å². The highest BCUT2D eigenvalue weighted by Gasteiger charge is 2.11. The Labute approximate surface area is 165 Å². The van der Waals surface area contributed by atoms with Crippen molar-refractivity contribution in [2.45, 2.75) is 36.5 Å². The van der Waals surface area contributed by atoms with Crippen molar-refractivity contribution < 1.29 is 0 Å². The van der Waals surface area contributed by atoms with Gasteiger partial charge >= 0.3 is 0 Å². The maximum Gasteiger partial charge on any atom is 0.0482 e. The summed E-state index contributed by atoms with van der Waals surface area (Å²) < 4.78 is 0. The van der Waals surface area contributed by atoms with E-state index in [0.29, 0.717) is 0 Å². The number of aromatic nitrogens is 1. The molecule has 0 unspecified atom stereocenters. The lowest BCUT2D eigenvalue weighted by Crippen LogP contribution is -2.02. The standard InChI is InChI=1S/C23H25NS2/c1-5-22-21(18-8-12-20(26-4)13-9-18)14-16(2)23(24-22)15-17-6-10-19(25-3)11-7-17/h6-14H,5,15H2,1-4H3. The first-order valence-corrected chi connectivity index (χ1v) is 11.4. The van der Waals surface area contributed by atoms with Crippen LogP contribution in [0.4, 0.5) is 0 Å². The second-order valence-corrected chi connectivity index (χ2v) is 8.11. The quantitative estimate of drug-likeness (QED) is 0.445. The largest absolute Gasteiger partial charge is 0.257 e. The first-order valence-electron chi connectivity index (χ1n) is 8.91. The maximum absolute atomic E-state index is 5.04. The smallest absolute Gasteiger partial charge is 0.0482 e. The highest BCUT2D eigenvalue weighted by molar-refractivity contribution is 7.98. The number of hydrogen-bond acceptors (Lipinski definition) is 3. The Morgan fingerprint density at radius 1 is 0.808 bits per heavy atom. The highest BCUT2D eigenvalue weighted by Crippen LogP contribution is 2.28. The Morgan fingerprint density at radius 3 is 1.92 bits per heavy atom. The molecular weight excluding hydrogens is 354 g/mol. The van der Waals surface area contributed by atoms with E-state index in [1.807, 2.05) is 0 Å². The Bertz CT molecular complexity index is 868. The van der Waals surface area contributed by atoms with E-state index < -0.39 is 0 Å². The van der Waals surface area contributed by atoms with Gasteiger partial charge in [-0.05, 0) is 72.9 Å². The summed E-state index contributed by atoms with van der Waals surface area (Å²) in [6.45, 7) is 4.37. The summed E-state index contributed by atoms with van der Waals surface area (Å²) in [6.07, 6.45) is 6.05. The van der Waals surface area contributed by atoms with Gasteiger partial charge in [0, 0.05) is 33.2 Å². The normalized spacial score (nSPS) is 10.9. The summed E-state index contributed by atoms with van der Waals surface area (Å²) in [5, 5.41) is 0. The molecule has 0 saturated heterocycles. The van der Waals surface area contributed by atoms with Gasteiger partial charge in [0.15, 0.2) is 0 Å². The van der Waals surface area contributed by atoms with E-state index in [1.165, 1.54) is 43.4 Å². The van der Waals surface area contributed by atoms with Gasteiger partial charge in [-0.1, -0.05) is 31.2 Å². The maximum atomic E-state index is 5.04. The Morgan fingerprint density at radius 2 is 1.38 bits per heavy atom. The summed E-state index contributed by atoms with van der Waals surface area (Å²) in [6, 6.07) is 19.9. The van der Waals surface area contributed by atoms with Gasteiger partial charge in [-0.2, -0.15) is 0 Å². The molecule has 0 aliphatic rings. The molecule has 3 rings (SSSR count). The molecule has 1 heterocycles. The Hall–Kier alpha value is -1.71. The van der Waals surface area contributed by atoms with Crippen LogP contribution in [0.3, 0.4) is 0 Å². The molecule has 0 aliphatic heterocycles. The third-order valence-corrected chi connectivity index (χ3v) is 6.15. The molecule has 0 bridgehead atoms. The highest BCUT2D eigenvalue weighted by atomic mass is 32.2. The second-order valence-electron chi connectivity index (χ2n) is 6.35. The first-order chi connectivity index (χ1) is 12.6. The van der Waals surface area contributed by atoms with Crippen molar-refractivity contribution in [3.63, 3.8) is 0 Å². The van der Waals surface area contributed by atoms with Crippen LogP contribution in [0.15, 0.2) is 64.4 Å². The molecule has 0 radical (unpaired) electrons. The monoisotopic (exact) mass is 379 g/mol. The van der Waals surface area contributed by atoms with Gasteiger partial charge in [-0.25, -0.2) is 0 Å². The van der Waals surface area contributed by atoms with E-state index >= 15 is 0 Å². The molecule has 3 heteroatoms. The van der Waals surface area contributed by atoms with Crippen LogP contribution in [0, 0.1) is 6.92 Å². The minimum absolute atomic E-state index is 0.888. The van der Waals surface area contributed by atoms with E-state index in [0.717, 1.165) is 12.8 Å². The van der Waals surface area contributed by atoms with Crippen molar-refractivity contribution in [2.75, 3.05) is 12.5 Å². The van der Waals surface area contributed by atoms with Gasteiger partial charge < -0.3 is 0 Å². The van der Waals surface area contributed by atoms with Gasteiger partial charge in [0.25, 0.3) is 0 Å². The molecule has 0 spiro atoms. The number of rotatable bonds is 6. The van der Waals surface area contributed by atoms with E-state index in [2.05, 4.69) is 81.0 Å². The summed E-state index contributed by atoms with van der Waals surface area (Å²) in [7, 11) is 0. The predicted molar refractivity (Wildman–Crippen MR) is 117 cm³/mol. The fourth-order valence-corrected chi connectivity index (χ4v) is 3.92. The number of hydrogen-bond donors (Lipinski definition) is 0. The number of nitrogens with zero attached hydrogens (tertiary/aromatic N) is 1. The van der Waals surface area contributed by atoms with Crippen molar-refractivity contribution in [2.24, 2.45) is 0 Å². The van der Waals surface area contributed by atoms with Gasteiger partial charge in [-0.3, -0.25) is 4.98 Å². The molecule has 2 aromatic carbocycles. The SMILES string of the molecule is CCc1nc(Cc2ccc(SC)cc2)c(C)cc1-c1ccc(SC)cc1. The molecule has 0 fully saturated rings. The second kappa shape index (κ2) is 8.79.